The van der Waals surface area contributed by atoms with Crippen LogP contribution in [0.5, 0.6) is 0 Å². The summed E-state index contributed by atoms with van der Waals surface area (Å²) < 4.78 is 5.91. The molecule has 9 heteroatoms. The molecule has 6 N–H and O–H groups in total. The van der Waals surface area contributed by atoms with Crippen LogP contribution in [-0.2, 0) is 9.53 Å². The molecule has 156 valence electrons. The molecule has 2 aromatic rings. The van der Waals surface area contributed by atoms with E-state index in [4.69, 9.17) is 10.5 Å². The Bertz CT molecular complexity index is 898. The number of primary amides is 2. The minimum Gasteiger partial charge on any atom is -0.381 e. The van der Waals surface area contributed by atoms with Crippen molar-refractivity contribution in [3.63, 3.8) is 0 Å². The molecule has 1 aromatic heterocycles. The van der Waals surface area contributed by atoms with Crippen LogP contribution < -0.4 is 22.1 Å². The second kappa shape index (κ2) is 10.6. The van der Waals surface area contributed by atoms with Crippen molar-refractivity contribution in [2.75, 3.05) is 25.1 Å². The van der Waals surface area contributed by atoms with E-state index in [-0.39, 0.29) is 11.9 Å². The first-order valence-corrected chi connectivity index (χ1v) is 10.1. The van der Waals surface area contributed by atoms with Crippen molar-refractivity contribution in [3.8, 4) is 0 Å². The highest BCUT2D eigenvalue weighted by Gasteiger charge is 2.23. The SMILES string of the molecule is C1CCOC1.C=CC(N)=O.CC1CNc2c(sc3ccc(C(N)=O)cc23)C(=O)N1. The van der Waals surface area contributed by atoms with E-state index in [0.29, 0.717) is 17.0 Å². The molecule has 3 heterocycles. The molecule has 1 aromatic carbocycles. The summed E-state index contributed by atoms with van der Waals surface area (Å²) in [6.07, 6.45) is 3.61. The molecule has 2 aliphatic heterocycles. The fourth-order valence-corrected chi connectivity index (χ4v) is 3.75. The molecule has 2 aliphatic rings. The Morgan fingerprint density at radius 1 is 1.28 bits per heavy atom. The van der Waals surface area contributed by atoms with Gasteiger partial charge in [0.25, 0.3) is 5.91 Å². The van der Waals surface area contributed by atoms with Crippen LogP contribution in [0, 0.1) is 0 Å². The number of carbonyl (C=O) groups is 3. The average Bonchev–Trinajstić information content (AvgIpc) is 3.35. The number of anilines is 1. The minimum absolute atomic E-state index is 0.0708. The lowest BCUT2D eigenvalue weighted by Crippen LogP contribution is -2.34. The molecule has 0 bridgehead atoms. The molecule has 8 nitrogen and oxygen atoms in total. The van der Waals surface area contributed by atoms with E-state index in [1.807, 2.05) is 13.0 Å². The minimum atomic E-state index is -0.481. The number of hydrogen-bond donors (Lipinski definition) is 4. The lowest BCUT2D eigenvalue weighted by atomic mass is 10.1. The fourth-order valence-electron chi connectivity index (χ4n) is 2.69. The number of benzene rings is 1. The van der Waals surface area contributed by atoms with Crippen LogP contribution in [0.1, 0.15) is 39.8 Å². The van der Waals surface area contributed by atoms with E-state index >= 15 is 0 Å². The summed E-state index contributed by atoms with van der Waals surface area (Å²) in [4.78, 5) is 33.4. The highest BCUT2D eigenvalue weighted by atomic mass is 32.1. The molecule has 1 fully saturated rings. The van der Waals surface area contributed by atoms with Gasteiger partial charge in [0.05, 0.1) is 5.69 Å². The van der Waals surface area contributed by atoms with Gasteiger partial charge in [-0.1, -0.05) is 6.58 Å². The smallest absolute Gasteiger partial charge is 0.263 e. The van der Waals surface area contributed by atoms with Gasteiger partial charge >= 0.3 is 0 Å². The van der Waals surface area contributed by atoms with Crippen LogP contribution in [0.2, 0.25) is 0 Å². The van der Waals surface area contributed by atoms with Gasteiger partial charge in [-0.05, 0) is 44.0 Å². The third-order valence-corrected chi connectivity index (χ3v) is 5.34. The van der Waals surface area contributed by atoms with Crippen LogP contribution in [0.4, 0.5) is 5.69 Å². The lowest BCUT2D eigenvalue weighted by Gasteiger charge is -2.09. The summed E-state index contributed by atoms with van der Waals surface area (Å²) in [6, 6.07) is 5.32. The highest BCUT2D eigenvalue weighted by Crippen LogP contribution is 2.37. The van der Waals surface area contributed by atoms with Crippen molar-refractivity contribution in [1.82, 2.24) is 5.32 Å². The van der Waals surface area contributed by atoms with E-state index in [0.717, 1.165) is 35.1 Å². The zero-order chi connectivity index (χ0) is 21.4. The molecule has 0 saturated carbocycles. The Morgan fingerprint density at radius 2 is 1.93 bits per heavy atom. The van der Waals surface area contributed by atoms with Gasteiger partial charge < -0.3 is 26.8 Å². The van der Waals surface area contributed by atoms with E-state index in [1.54, 1.807) is 12.1 Å². The van der Waals surface area contributed by atoms with Crippen LogP contribution in [0.3, 0.4) is 0 Å². The van der Waals surface area contributed by atoms with Gasteiger partial charge in [-0.15, -0.1) is 11.3 Å². The second-order valence-electron chi connectivity index (χ2n) is 6.56. The number of nitrogens with one attached hydrogen (secondary N) is 2. The zero-order valence-electron chi connectivity index (χ0n) is 16.3. The van der Waals surface area contributed by atoms with Gasteiger partial charge in [0, 0.05) is 41.4 Å². The van der Waals surface area contributed by atoms with Gasteiger partial charge in [0.2, 0.25) is 11.8 Å². The third kappa shape index (κ3) is 6.30. The predicted octanol–water partition coefficient (Wildman–Crippen LogP) is 2.00. The molecule has 1 saturated heterocycles. The normalized spacial score (nSPS) is 17.3. The maximum atomic E-state index is 12.1. The van der Waals surface area contributed by atoms with Crippen LogP contribution in [-0.4, -0.2) is 43.5 Å². The quantitative estimate of drug-likeness (QED) is 0.553. The van der Waals surface area contributed by atoms with Crippen molar-refractivity contribution < 1.29 is 19.1 Å². The average molecular weight is 419 g/mol. The summed E-state index contributed by atoms with van der Waals surface area (Å²) in [5, 5.41) is 7.06. The molecule has 3 amide bonds. The molecular weight excluding hydrogens is 392 g/mol. The Morgan fingerprint density at radius 3 is 2.45 bits per heavy atom. The first kappa shape index (κ1) is 22.4. The Labute approximate surface area is 173 Å². The zero-order valence-corrected chi connectivity index (χ0v) is 17.1. The molecule has 0 radical (unpaired) electrons. The van der Waals surface area contributed by atoms with Gasteiger partial charge in [0.1, 0.15) is 4.88 Å². The second-order valence-corrected chi connectivity index (χ2v) is 7.61. The molecule has 0 aliphatic carbocycles. The summed E-state index contributed by atoms with van der Waals surface area (Å²) in [5.41, 5.74) is 11.1. The van der Waals surface area contributed by atoms with Gasteiger partial charge in [-0.25, -0.2) is 0 Å². The van der Waals surface area contributed by atoms with Crippen molar-refractivity contribution >= 4 is 44.8 Å². The van der Waals surface area contributed by atoms with E-state index in [2.05, 4.69) is 22.9 Å². The van der Waals surface area contributed by atoms with Crippen molar-refractivity contribution in [2.24, 2.45) is 11.5 Å². The molecule has 1 unspecified atom stereocenters. The third-order valence-electron chi connectivity index (χ3n) is 4.17. The topological polar surface area (TPSA) is 137 Å². The summed E-state index contributed by atoms with van der Waals surface area (Å²) in [6.45, 7) is 7.69. The van der Waals surface area contributed by atoms with Crippen LogP contribution in [0.25, 0.3) is 10.1 Å². The maximum Gasteiger partial charge on any atom is 0.263 e. The first-order valence-electron chi connectivity index (χ1n) is 9.24. The fraction of sp³-hybridized carbons (Fsp3) is 0.350. The summed E-state index contributed by atoms with van der Waals surface area (Å²) >= 11 is 1.42. The van der Waals surface area contributed by atoms with Gasteiger partial charge in [-0.2, -0.15) is 0 Å². The summed E-state index contributed by atoms with van der Waals surface area (Å²) in [5.74, 6) is -1.02. The number of amides is 3. The monoisotopic (exact) mass is 418 g/mol. The number of rotatable bonds is 2. The van der Waals surface area contributed by atoms with E-state index < -0.39 is 11.8 Å². The number of nitrogens with two attached hydrogens (primary N) is 2. The number of carbonyl (C=O) groups excluding carboxylic acids is 3. The summed E-state index contributed by atoms with van der Waals surface area (Å²) in [7, 11) is 0. The largest absolute Gasteiger partial charge is 0.381 e. The highest BCUT2D eigenvalue weighted by molar-refractivity contribution is 7.21. The number of fused-ring (bicyclic) bond motifs is 3. The number of ether oxygens (including phenoxy) is 1. The number of thiophene rings is 1. The van der Waals surface area contributed by atoms with E-state index in [9.17, 15) is 14.4 Å². The predicted molar refractivity (Wildman–Crippen MR) is 115 cm³/mol. The standard InChI is InChI=1S/C13H13N3O2S.C4H8O.C3H5NO/c1-6-5-15-10-8-4-7(12(14)17)2-3-9(8)19-11(10)13(18)16-6;1-2-4-5-3-1;1-2-3(4)5/h2-4,6,15H,5H2,1H3,(H2,14,17)(H,16,18);1-4H2;2H,1H2,(H2,4,5). The Hall–Kier alpha value is -2.91. The van der Waals surface area contributed by atoms with Crippen molar-refractivity contribution in [3.05, 3.63) is 41.3 Å². The molecule has 0 spiro atoms. The maximum absolute atomic E-state index is 12.1. The molecule has 1 atom stereocenters. The number of hydrogen-bond acceptors (Lipinski definition) is 6. The molecule has 4 rings (SSSR count). The molecular formula is C20H26N4O4S. The molecule has 29 heavy (non-hydrogen) atoms. The van der Waals surface area contributed by atoms with Crippen LogP contribution >= 0.6 is 11.3 Å². The first-order chi connectivity index (χ1) is 13.8. The van der Waals surface area contributed by atoms with Crippen LogP contribution in [0.15, 0.2) is 30.9 Å². The van der Waals surface area contributed by atoms with Crippen molar-refractivity contribution in [1.29, 1.82) is 0 Å². The Balaban J connectivity index is 0.000000247. The Kier molecular flexibility index (Phi) is 8.17. The lowest BCUT2D eigenvalue weighted by molar-refractivity contribution is -0.113. The van der Waals surface area contributed by atoms with Gasteiger partial charge in [0.15, 0.2) is 0 Å². The van der Waals surface area contributed by atoms with E-state index in [1.165, 1.54) is 24.2 Å². The van der Waals surface area contributed by atoms with Crippen molar-refractivity contribution in [2.45, 2.75) is 25.8 Å². The van der Waals surface area contributed by atoms with Gasteiger partial charge in [-0.3, -0.25) is 14.4 Å².